The number of primary amides is 1. The average molecular weight is 497 g/mol. The number of carbonyl (C=O) groups excluding carboxylic acids is 4. The molecule has 36 heavy (non-hydrogen) atoms. The van der Waals surface area contributed by atoms with Gasteiger partial charge in [-0.15, -0.1) is 0 Å². The molecule has 9 nitrogen and oxygen atoms in total. The normalized spacial score (nSPS) is 12.7. The van der Waals surface area contributed by atoms with Crippen molar-refractivity contribution in [2.24, 2.45) is 5.73 Å². The van der Waals surface area contributed by atoms with Gasteiger partial charge in [0.15, 0.2) is 0 Å². The number of likely N-dealkylation sites (N-methyl/N-ethyl adjacent to an activating group) is 1. The van der Waals surface area contributed by atoms with Crippen LogP contribution >= 0.6 is 0 Å². The van der Waals surface area contributed by atoms with Crippen LogP contribution in [0.1, 0.15) is 56.3 Å². The molecule has 4 N–H and O–H groups in total. The summed E-state index contributed by atoms with van der Waals surface area (Å²) in [5.41, 5.74) is 7.02. The van der Waals surface area contributed by atoms with Gasteiger partial charge in [-0.25, -0.2) is 4.79 Å². The molecule has 0 aliphatic rings. The number of nitrogens with one attached hydrogen (secondary N) is 2. The molecular formula is C27H36N4O5. The van der Waals surface area contributed by atoms with Crippen LogP contribution in [0.5, 0.6) is 0 Å². The minimum absolute atomic E-state index is 0.0377. The Kier molecular flexibility index (Phi) is 10.0. The van der Waals surface area contributed by atoms with Crippen molar-refractivity contribution in [1.82, 2.24) is 15.5 Å². The van der Waals surface area contributed by atoms with Crippen LogP contribution < -0.4 is 16.4 Å². The topological polar surface area (TPSA) is 131 Å². The predicted molar refractivity (Wildman–Crippen MR) is 137 cm³/mol. The molecule has 0 bridgehead atoms. The van der Waals surface area contributed by atoms with Gasteiger partial charge in [-0.2, -0.15) is 0 Å². The quantitative estimate of drug-likeness (QED) is 0.465. The lowest BCUT2D eigenvalue weighted by molar-refractivity contribution is -0.141. The highest BCUT2D eigenvalue weighted by Gasteiger charge is 2.34. The van der Waals surface area contributed by atoms with E-state index in [9.17, 15) is 19.2 Å². The molecule has 4 amide bonds. The van der Waals surface area contributed by atoms with Crippen LogP contribution in [-0.4, -0.2) is 47.4 Å². The van der Waals surface area contributed by atoms with Crippen LogP contribution in [0, 0.1) is 6.92 Å². The van der Waals surface area contributed by atoms with Crippen LogP contribution in [0.3, 0.4) is 0 Å². The van der Waals surface area contributed by atoms with Crippen molar-refractivity contribution in [3.63, 3.8) is 0 Å². The molecule has 0 saturated heterocycles. The standard InChI is InChI=1S/C27H36N4O5/c1-18-11-13-20(14-12-18)23(24(33)29-17-19-9-7-6-8-10-19)31(5)25(34)21(15-16-22(28)32)30-26(35)36-27(2,3)4/h6-14,21,23H,15-17H2,1-5H3,(H2,28,32)(H,29,33)(H,30,35). The van der Waals surface area contributed by atoms with Crippen LogP contribution in [0.25, 0.3) is 0 Å². The van der Waals surface area contributed by atoms with E-state index in [4.69, 9.17) is 10.5 Å². The zero-order valence-electron chi connectivity index (χ0n) is 21.5. The Morgan fingerprint density at radius 2 is 1.61 bits per heavy atom. The van der Waals surface area contributed by atoms with Gasteiger partial charge >= 0.3 is 6.09 Å². The fourth-order valence-corrected chi connectivity index (χ4v) is 3.55. The number of nitrogens with zero attached hydrogens (tertiary/aromatic N) is 1. The van der Waals surface area contributed by atoms with Gasteiger partial charge in [-0.1, -0.05) is 60.2 Å². The van der Waals surface area contributed by atoms with Crippen LogP contribution in [0.4, 0.5) is 4.79 Å². The van der Waals surface area contributed by atoms with Crippen LogP contribution in [0.15, 0.2) is 54.6 Å². The highest BCUT2D eigenvalue weighted by Crippen LogP contribution is 2.22. The molecule has 2 aromatic carbocycles. The molecule has 2 rings (SSSR count). The molecule has 2 unspecified atom stereocenters. The Labute approximate surface area is 212 Å². The minimum Gasteiger partial charge on any atom is -0.444 e. The third-order valence-corrected chi connectivity index (χ3v) is 5.35. The van der Waals surface area contributed by atoms with E-state index in [1.807, 2.05) is 49.4 Å². The summed E-state index contributed by atoms with van der Waals surface area (Å²) in [5, 5.41) is 5.42. The summed E-state index contributed by atoms with van der Waals surface area (Å²) >= 11 is 0. The first-order valence-electron chi connectivity index (χ1n) is 11.8. The van der Waals surface area contributed by atoms with E-state index < -0.39 is 35.6 Å². The van der Waals surface area contributed by atoms with E-state index in [0.29, 0.717) is 5.56 Å². The van der Waals surface area contributed by atoms with E-state index in [0.717, 1.165) is 11.1 Å². The van der Waals surface area contributed by atoms with Crippen molar-refractivity contribution >= 4 is 23.8 Å². The molecule has 0 aliphatic heterocycles. The Morgan fingerprint density at radius 1 is 1.00 bits per heavy atom. The lowest BCUT2D eigenvalue weighted by Crippen LogP contribution is -2.51. The monoisotopic (exact) mass is 496 g/mol. The molecule has 2 atom stereocenters. The zero-order chi connectivity index (χ0) is 26.9. The zero-order valence-corrected chi connectivity index (χ0v) is 21.5. The first-order valence-corrected chi connectivity index (χ1v) is 11.8. The largest absolute Gasteiger partial charge is 0.444 e. The van der Waals surface area contributed by atoms with Crippen molar-refractivity contribution in [3.8, 4) is 0 Å². The maximum Gasteiger partial charge on any atom is 0.408 e. The lowest BCUT2D eigenvalue weighted by atomic mass is 10.0. The highest BCUT2D eigenvalue weighted by molar-refractivity contribution is 5.92. The molecule has 0 heterocycles. The second-order valence-electron chi connectivity index (χ2n) is 9.67. The molecular weight excluding hydrogens is 460 g/mol. The summed E-state index contributed by atoms with van der Waals surface area (Å²) in [4.78, 5) is 52.0. The summed E-state index contributed by atoms with van der Waals surface area (Å²) in [6, 6.07) is 14.6. The fraction of sp³-hybridized carbons (Fsp3) is 0.407. The molecule has 0 spiro atoms. The van der Waals surface area contributed by atoms with Crippen molar-refractivity contribution in [2.75, 3.05) is 7.05 Å². The number of aryl methyl sites for hydroxylation is 1. The van der Waals surface area contributed by atoms with E-state index in [-0.39, 0.29) is 25.3 Å². The predicted octanol–water partition coefficient (Wildman–Crippen LogP) is 2.97. The fourth-order valence-electron chi connectivity index (χ4n) is 3.55. The first-order chi connectivity index (χ1) is 16.9. The molecule has 0 saturated carbocycles. The van der Waals surface area contributed by atoms with E-state index in [1.165, 1.54) is 11.9 Å². The maximum atomic E-state index is 13.5. The van der Waals surface area contributed by atoms with E-state index >= 15 is 0 Å². The summed E-state index contributed by atoms with van der Waals surface area (Å²) in [5.74, 6) is -1.55. The van der Waals surface area contributed by atoms with Gasteiger partial charge < -0.3 is 26.0 Å². The number of nitrogens with two attached hydrogens (primary N) is 1. The van der Waals surface area contributed by atoms with E-state index in [1.54, 1.807) is 32.9 Å². The highest BCUT2D eigenvalue weighted by atomic mass is 16.6. The van der Waals surface area contributed by atoms with Crippen molar-refractivity contribution in [1.29, 1.82) is 0 Å². The number of benzene rings is 2. The molecule has 2 aromatic rings. The minimum atomic E-state index is -1.12. The van der Waals surface area contributed by atoms with Crippen molar-refractivity contribution < 1.29 is 23.9 Å². The van der Waals surface area contributed by atoms with Gasteiger partial charge in [-0.3, -0.25) is 14.4 Å². The van der Waals surface area contributed by atoms with E-state index in [2.05, 4.69) is 10.6 Å². The number of hydrogen-bond acceptors (Lipinski definition) is 5. The maximum absolute atomic E-state index is 13.5. The Bertz CT molecular complexity index is 1050. The molecule has 0 aromatic heterocycles. The lowest BCUT2D eigenvalue weighted by Gasteiger charge is -2.31. The van der Waals surface area contributed by atoms with Gasteiger partial charge in [0.2, 0.25) is 17.7 Å². The SMILES string of the molecule is Cc1ccc(C(C(=O)NCc2ccccc2)N(C)C(=O)C(CCC(N)=O)NC(=O)OC(C)(C)C)cc1. The number of carbonyl (C=O) groups is 4. The summed E-state index contributed by atoms with van der Waals surface area (Å²) in [6.07, 6.45) is -0.974. The second kappa shape index (κ2) is 12.7. The summed E-state index contributed by atoms with van der Waals surface area (Å²) in [7, 11) is 1.49. The van der Waals surface area contributed by atoms with Crippen LogP contribution in [0.2, 0.25) is 0 Å². The molecule has 0 fully saturated rings. The number of amides is 4. The van der Waals surface area contributed by atoms with Gasteiger partial charge in [0.05, 0.1) is 0 Å². The Hall–Kier alpha value is -3.88. The van der Waals surface area contributed by atoms with Gasteiger partial charge in [0.1, 0.15) is 17.7 Å². The number of rotatable bonds is 10. The third-order valence-electron chi connectivity index (χ3n) is 5.35. The molecule has 0 radical (unpaired) electrons. The molecule has 9 heteroatoms. The van der Waals surface area contributed by atoms with Gasteiger partial charge in [-0.05, 0) is 45.2 Å². The first kappa shape index (κ1) is 28.4. The average Bonchev–Trinajstić information content (AvgIpc) is 2.80. The second-order valence-corrected chi connectivity index (χ2v) is 9.67. The van der Waals surface area contributed by atoms with Gasteiger partial charge in [0.25, 0.3) is 0 Å². The Morgan fingerprint density at radius 3 is 2.17 bits per heavy atom. The molecule has 0 aliphatic carbocycles. The number of hydrogen-bond donors (Lipinski definition) is 3. The Balaban J connectivity index is 2.30. The third kappa shape index (κ3) is 9.05. The summed E-state index contributed by atoms with van der Waals surface area (Å²) < 4.78 is 5.28. The molecule has 194 valence electrons. The smallest absolute Gasteiger partial charge is 0.408 e. The number of ether oxygens (including phenoxy) is 1. The van der Waals surface area contributed by atoms with Crippen molar-refractivity contribution in [3.05, 3.63) is 71.3 Å². The van der Waals surface area contributed by atoms with Crippen LogP contribution in [-0.2, 0) is 25.7 Å². The number of alkyl carbamates (subject to hydrolysis) is 1. The summed E-state index contributed by atoms with van der Waals surface area (Å²) in [6.45, 7) is 7.30. The van der Waals surface area contributed by atoms with Gasteiger partial charge in [0, 0.05) is 20.0 Å². The van der Waals surface area contributed by atoms with Crippen molar-refractivity contribution in [2.45, 2.75) is 64.8 Å².